The van der Waals surface area contributed by atoms with Crippen LogP contribution in [-0.2, 0) is 14.3 Å². The van der Waals surface area contributed by atoms with Gasteiger partial charge in [-0.15, -0.1) is 0 Å². The third-order valence-corrected chi connectivity index (χ3v) is 4.04. The Balaban J connectivity index is 1.50. The summed E-state index contributed by atoms with van der Waals surface area (Å²) in [5.74, 6) is -0.565. The van der Waals surface area contributed by atoms with Gasteiger partial charge in [-0.25, -0.2) is 4.79 Å². The molecule has 28 heavy (non-hydrogen) atoms. The molecule has 6 nitrogen and oxygen atoms in total. The van der Waals surface area contributed by atoms with Gasteiger partial charge in [0, 0.05) is 5.69 Å². The van der Waals surface area contributed by atoms with Crippen molar-refractivity contribution in [3.05, 3.63) is 72.3 Å². The monoisotopic (exact) mass is 374 g/mol. The number of nitrogens with one attached hydrogen (secondary N) is 1. The molecule has 140 valence electrons. The van der Waals surface area contributed by atoms with Crippen LogP contribution in [0.2, 0.25) is 0 Å². The first-order chi connectivity index (χ1) is 13.5. The van der Waals surface area contributed by atoms with E-state index in [9.17, 15) is 9.59 Å². The molecule has 0 unspecified atom stereocenters. The molecule has 1 N–H and O–H groups in total. The number of nitriles is 1. The van der Waals surface area contributed by atoms with E-state index in [1.807, 2.05) is 42.5 Å². The first-order valence-electron chi connectivity index (χ1n) is 8.67. The maximum Gasteiger partial charge on any atom is 0.344 e. The molecule has 0 saturated heterocycles. The number of ether oxygens (including phenoxy) is 2. The molecular formula is C22H18N2O4. The minimum atomic E-state index is -0.983. The highest BCUT2D eigenvalue weighted by molar-refractivity contribution is 5.95. The molecule has 3 aromatic rings. The molecule has 0 bridgehead atoms. The summed E-state index contributed by atoms with van der Waals surface area (Å²) in [5, 5.41) is 13.5. The molecule has 0 aliphatic rings. The van der Waals surface area contributed by atoms with Crippen LogP contribution in [0.3, 0.4) is 0 Å². The Morgan fingerprint density at radius 1 is 1.04 bits per heavy atom. The van der Waals surface area contributed by atoms with Gasteiger partial charge in [-0.3, -0.25) is 4.79 Å². The van der Waals surface area contributed by atoms with Crippen LogP contribution >= 0.6 is 0 Å². The van der Waals surface area contributed by atoms with Gasteiger partial charge in [-0.05, 0) is 54.1 Å². The van der Waals surface area contributed by atoms with E-state index in [-0.39, 0.29) is 6.61 Å². The predicted molar refractivity (Wildman–Crippen MR) is 105 cm³/mol. The maximum absolute atomic E-state index is 12.1. The molecule has 1 amide bonds. The first kappa shape index (κ1) is 18.9. The zero-order valence-corrected chi connectivity index (χ0v) is 15.2. The van der Waals surface area contributed by atoms with Gasteiger partial charge in [0.2, 0.25) is 0 Å². The van der Waals surface area contributed by atoms with Crippen molar-refractivity contribution >= 4 is 28.3 Å². The molecule has 3 rings (SSSR count). The number of hydrogen-bond donors (Lipinski definition) is 1. The van der Waals surface area contributed by atoms with Crippen LogP contribution in [0.5, 0.6) is 5.75 Å². The Hall–Kier alpha value is -3.85. The summed E-state index contributed by atoms with van der Waals surface area (Å²) in [6.45, 7) is 1.18. The molecule has 0 saturated carbocycles. The third kappa shape index (κ3) is 4.86. The molecule has 0 spiro atoms. The lowest BCUT2D eigenvalue weighted by Crippen LogP contribution is -2.31. The standard InChI is InChI=1S/C22H18N2O4/c1-15(22(26)24-19-9-6-16(13-23)7-10-19)28-21(25)14-27-20-11-8-17-4-2-3-5-18(17)12-20/h2-12,15H,14H2,1H3,(H,24,26)/t15-/m0/s1. The van der Waals surface area contributed by atoms with Gasteiger partial charge in [-0.2, -0.15) is 5.26 Å². The van der Waals surface area contributed by atoms with Gasteiger partial charge in [0.25, 0.3) is 5.91 Å². The topological polar surface area (TPSA) is 88.4 Å². The Morgan fingerprint density at radius 3 is 2.46 bits per heavy atom. The third-order valence-electron chi connectivity index (χ3n) is 4.04. The smallest absolute Gasteiger partial charge is 0.344 e. The summed E-state index contributed by atoms with van der Waals surface area (Å²) in [6, 6.07) is 21.7. The predicted octanol–water partition coefficient (Wildman–Crippen LogP) is 3.66. The number of benzene rings is 3. The van der Waals surface area contributed by atoms with Crippen LogP contribution in [-0.4, -0.2) is 24.6 Å². The zero-order chi connectivity index (χ0) is 19.9. The van der Waals surface area contributed by atoms with E-state index in [1.54, 1.807) is 30.3 Å². The van der Waals surface area contributed by atoms with E-state index >= 15 is 0 Å². The summed E-state index contributed by atoms with van der Waals surface area (Å²) < 4.78 is 10.6. The number of nitrogens with zero attached hydrogens (tertiary/aromatic N) is 1. The summed E-state index contributed by atoms with van der Waals surface area (Å²) in [7, 11) is 0. The zero-order valence-electron chi connectivity index (χ0n) is 15.2. The molecule has 0 aliphatic carbocycles. The van der Waals surface area contributed by atoms with Gasteiger partial charge >= 0.3 is 5.97 Å². The molecule has 0 radical (unpaired) electrons. The second-order valence-corrected chi connectivity index (χ2v) is 6.11. The highest BCUT2D eigenvalue weighted by atomic mass is 16.6. The van der Waals surface area contributed by atoms with Crippen molar-refractivity contribution in [1.29, 1.82) is 5.26 Å². The van der Waals surface area contributed by atoms with Crippen LogP contribution < -0.4 is 10.1 Å². The fraction of sp³-hybridized carbons (Fsp3) is 0.136. The molecule has 0 heterocycles. The van der Waals surface area contributed by atoms with Gasteiger partial charge in [-0.1, -0.05) is 30.3 Å². The van der Waals surface area contributed by atoms with E-state index in [0.29, 0.717) is 17.0 Å². The lowest BCUT2D eigenvalue weighted by atomic mass is 10.1. The van der Waals surface area contributed by atoms with Crippen LogP contribution in [0.25, 0.3) is 10.8 Å². The van der Waals surface area contributed by atoms with Crippen molar-refractivity contribution in [1.82, 2.24) is 0 Å². The Kier molecular flexibility index (Phi) is 5.87. The number of carbonyl (C=O) groups is 2. The highest BCUT2D eigenvalue weighted by Gasteiger charge is 2.18. The minimum Gasteiger partial charge on any atom is -0.482 e. The highest BCUT2D eigenvalue weighted by Crippen LogP contribution is 2.20. The Morgan fingerprint density at radius 2 is 1.75 bits per heavy atom. The fourth-order valence-electron chi connectivity index (χ4n) is 2.56. The number of rotatable bonds is 6. The lowest BCUT2D eigenvalue weighted by Gasteiger charge is -2.14. The molecule has 1 atom stereocenters. The average Bonchev–Trinajstić information content (AvgIpc) is 2.72. The van der Waals surface area contributed by atoms with E-state index in [2.05, 4.69) is 5.32 Å². The van der Waals surface area contributed by atoms with E-state index in [1.165, 1.54) is 6.92 Å². The van der Waals surface area contributed by atoms with Crippen molar-refractivity contribution < 1.29 is 19.1 Å². The van der Waals surface area contributed by atoms with E-state index in [0.717, 1.165) is 10.8 Å². The number of esters is 1. The second-order valence-electron chi connectivity index (χ2n) is 6.11. The van der Waals surface area contributed by atoms with Crippen molar-refractivity contribution in [2.45, 2.75) is 13.0 Å². The summed E-state index contributed by atoms with van der Waals surface area (Å²) in [5.41, 5.74) is 1.00. The van der Waals surface area contributed by atoms with E-state index < -0.39 is 18.0 Å². The second kappa shape index (κ2) is 8.69. The Labute approximate surface area is 162 Å². The number of amides is 1. The van der Waals surface area contributed by atoms with Gasteiger partial charge in [0.15, 0.2) is 12.7 Å². The lowest BCUT2D eigenvalue weighted by molar-refractivity contribution is -0.155. The number of anilines is 1. The molecule has 0 aliphatic heterocycles. The average molecular weight is 374 g/mol. The first-order valence-corrected chi connectivity index (χ1v) is 8.67. The van der Waals surface area contributed by atoms with E-state index in [4.69, 9.17) is 14.7 Å². The maximum atomic E-state index is 12.1. The fourth-order valence-corrected chi connectivity index (χ4v) is 2.56. The molecule has 6 heteroatoms. The number of carbonyl (C=O) groups excluding carboxylic acids is 2. The van der Waals surface area contributed by atoms with Gasteiger partial charge in [0.05, 0.1) is 11.6 Å². The SMILES string of the molecule is C[C@H](OC(=O)COc1ccc2ccccc2c1)C(=O)Nc1ccc(C#N)cc1. The summed E-state index contributed by atoms with van der Waals surface area (Å²) in [4.78, 5) is 24.1. The minimum absolute atomic E-state index is 0.299. The van der Waals surface area contributed by atoms with Gasteiger partial charge < -0.3 is 14.8 Å². The Bertz CT molecular complexity index is 1040. The summed E-state index contributed by atoms with van der Waals surface area (Å²) in [6.07, 6.45) is -0.983. The van der Waals surface area contributed by atoms with Crippen LogP contribution in [0.15, 0.2) is 66.7 Å². The van der Waals surface area contributed by atoms with Crippen LogP contribution in [0, 0.1) is 11.3 Å². The van der Waals surface area contributed by atoms with Crippen molar-refractivity contribution in [2.75, 3.05) is 11.9 Å². The van der Waals surface area contributed by atoms with Gasteiger partial charge in [0.1, 0.15) is 5.75 Å². The molecule has 0 fully saturated rings. The largest absolute Gasteiger partial charge is 0.482 e. The molecular weight excluding hydrogens is 356 g/mol. The van der Waals surface area contributed by atoms with Crippen LogP contribution in [0.1, 0.15) is 12.5 Å². The van der Waals surface area contributed by atoms with Crippen molar-refractivity contribution in [2.24, 2.45) is 0 Å². The van der Waals surface area contributed by atoms with Crippen LogP contribution in [0.4, 0.5) is 5.69 Å². The molecule has 3 aromatic carbocycles. The van der Waals surface area contributed by atoms with Crippen molar-refractivity contribution in [3.63, 3.8) is 0 Å². The summed E-state index contributed by atoms with van der Waals surface area (Å²) >= 11 is 0. The quantitative estimate of drug-likeness (QED) is 0.665. The van der Waals surface area contributed by atoms with Crippen molar-refractivity contribution in [3.8, 4) is 11.8 Å². The number of hydrogen-bond acceptors (Lipinski definition) is 5. The molecule has 0 aromatic heterocycles. The normalized spacial score (nSPS) is 11.3. The number of fused-ring (bicyclic) bond motifs is 1.